The molecule has 0 amide bonds. The molecule has 0 aromatic heterocycles. The molecular formula is C12H10O3S. The predicted molar refractivity (Wildman–Crippen MR) is 61.9 cm³/mol. The largest absolute Gasteiger partial charge is 0.463 e. The molecule has 0 aliphatic carbocycles. The van der Waals surface area contributed by atoms with Crippen LogP contribution in [0.3, 0.4) is 0 Å². The maximum atomic E-state index is 11.7. The van der Waals surface area contributed by atoms with E-state index >= 15 is 0 Å². The summed E-state index contributed by atoms with van der Waals surface area (Å²) in [5.41, 5.74) is 1.24. The number of rotatable bonds is 2. The van der Waals surface area contributed by atoms with Gasteiger partial charge in [0.25, 0.3) is 0 Å². The second-order valence-corrected chi connectivity index (χ2v) is 4.21. The Kier molecular flexibility index (Phi) is 3.10. The number of carbonyl (C=O) groups is 2. The lowest BCUT2D eigenvalue weighted by Crippen LogP contribution is -2.02. The predicted octanol–water partition coefficient (Wildman–Crippen LogP) is 2.27. The van der Waals surface area contributed by atoms with Gasteiger partial charge in [-0.2, -0.15) is 0 Å². The molecule has 2 rings (SSSR count). The molecule has 1 aliphatic rings. The van der Waals surface area contributed by atoms with Crippen LogP contribution in [-0.4, -0.2) is 17.7 Å². The summed E-state index contributed by atoms with van der Waals surface area (Å²) in [6.07, 6.45) is 1.27. The average Bonchev–Trinajstić information content (AvgIpc) is 2.56. The van der Waals surface area contributed by atoms with E-state index in [1.54, 1.807) is 6.92 Å². The summed E-state index contributed by atoms with van der Waals surface area (Å²) < 4.78 is 4.79. The zero-order chi connectivity index (χ0) is 11.5. The van der Waals surface area contributed by atoms with Crippen LogP contribution in [0.25, 0.3) is 5.57 Å². The van der Waals surface area contributed by atoms with Gasteiger partial charge < -0.3 is 4.74 Å². The first kappa shape index (κ1) is 11.0. The van der Waals surface area contributed by atoms with E-state index in [9.17, 15) is 9.59 Å². The maximum Gasteiger partial charge on any atom is 0.331 e. The first-order valence-corrected chi connectivity index (χ1v) is 5.74. The molecule has 0 saturated heterocycles. The molecule has 0 fully saturated rings. The summed E-state index contributed by atoms with van der Waals surface area (Å²) in [5, 5.41) is -0.103. The zero-order valence-electron chi connectivity index (χ0n) is 8.73. The Morgan fingerprint density at radius 2 is 2.19 bits per heavy atom. The van der Waals surface area contributed by atoms with E-state index in [2.05, 4.69) is 0 Å². The van der Waals surface area contributed by atoms with Gasteiger partial charge in [-0.1, -0.05) is 18.2 Å². The van der Waals surface area contributed by atoms with Gasteiger partial charge in [-0.25, -0.2) is 4.79 Å². The van der Waals surface area contributed by atoms with Crippen molar-refractivity contribution in [2.24, 2.45) is 0 Å². The first-order valence-electron chi connectivity index (χ1n) is 4.92. The Labute approximate surface area is 97.5 Å². The molecule has 1 heterocycles. The molecule has 1 aromatic rings. The fraction of sp³-hybridized carbons (Fsp3) is 0.167. The number of benzene rings is 1. The third kappa shape index (κ3) is 2.02. The van der Waals surface area contributed by atoms with E-state index in [0.717, 1.165) is 22.2 Å². The molecule has 4 heteroatoms. The minimum Gasteiger partial charge on any atom is -0.463 e. The van der Waals surface area contributed by atoms with E-state index in [0.29, 0.717) is 12.2 Å². The van der Waals surface area contributed by atoms with Crippen LogP contribution in [-0.2, 0) is 14.3 Å². The molecule has 0 radical (unpaired) electrons. The summed E-state index contributed by atoms with van der Waals surface area (Å²) in [4.78, 5) is 23.8. The highest BCUT2D eigenvalue weighted by Crippen LogP contribution is 2.39. The highest BCUT2D eigenvalue weighted by atomic mass is 32.2. The van der Waals surface area contributed by atoms with Gasteiger partial charge in [0.1, 0.15) is 0 Å². The van der Waals surface area contributed by atoms with Gasteiger partial charge in [-0.05, 0) is 24.8 Å². The van der Waals surface area contributed by atoms with E-state index in [1.807, 2.05) is 24.3 Å². The molecule has 16 heavy (non-hydrogen) atoms. The number of esters is 1. The third-order valence-corrected chi connectivity index (χ3v) is 3.13. The van der Waals surface area contributed by atoms with E-state index in [4.69, 9.17) is 4.74 Å². The van der Waals surface area contributed by atoms with Crippen molar-refractivity contribution >= 4 is 28.4 Å². The zero-order valence-corrected chi connectivity index (χ0v) is 9.54. The van der Waals surface area contributed by atoms with E-state index in [-0.39, 0.29) is 5.12 Å². The lowest BCUT2D eigenvalue weighted by Gasteiger charge is -1.98. The highest BCUT2D eigenvalue weighted by molar-refractivity contribution is 8.15. The maximum absolute atomic E-state index is 11.7. The Balaban J connectivity index is 2.35. The quantitative estimate of drug-likeness (QED) is 0.581. The smallest absolute Gasteiger partial charge is 0.331 e. The van der Waals surface area contributed by atoms with Crippen LogP contribution in [0, 0.1) is 0 Å². The van der Waals surface area contributed by atoms with Crippen LogP contribution < -0.4 is 0 Å². The number of carbonyl (C=O) groups excluding carboxylic acids is 2. The number of thioether (sulfide) groups is 1. The summed E-state index contributed by atoms with van der Waals surface area (Å²) in [7, 11) is 0. The summed E-state index contributed by atoms with van der Waals surface area (Å²) in [6, 6.07) is 7.41. The Morgan fingerprint density at radius 1 is 1.44 bits per heavy atom. The van der Waals surface area contributed by atoms with Gasteiger partial charge in [0.05, 0.1) is 6.61 Å². The van der Waals surface area contributed by atoms with Gasteiger partial charge >= 0.3 is 5.97 Å². The molecule has 1 aliphatic heterocycles. The molecule has 0 atom stereocenters. The molecule has 0 bridgehead atoms. The third-order valence-electron chi connectivity index (χ3n) is 2.15. The molecule has 0 spiro atoms. The standard InChI is InChI=1S/C12H10O3S/c1-2-15-11(13)7-9-8-5-3-4-6-10(8)16-12(9)14/h3-7H,2H2,1H3/b9-7+. The number of hydrogen-bond acceptors (Lipinski definition) is 4. The molecule has 0 unspecified atom stereocenters. The molecule has 1 aromatic carbocycles. The Morgan fingerprint density at radius 3 is 2.94 bits per heavy atom. The number of fused-ring (bicyclic) bond motifs is 1. The van der Waals surface area contributed by atoms with Gasteiger partial charge in [0.2, 0.25) is 5.12 Å². The van der Waals surface area contributed by atoms with Crippen LogP contribution >= 0.6 is 11.8 Å². The topological polar surface area (TPSA) is 43.4 Å². The van der Waals surface area contributed by atoms with Crippen molar-refractivity contribution < 1.29 is 14.3 Å². The highest BCUT2D eigenvalue weighted by Gasteiger charge is 2.25. The first-order chi connectivity index (χ1) is 7.72. The summed E-state index contributed by atoms with van der Waals surface area (Å²) >= 11 is 1.14. The second kappa shape index (κ2) is 4.53. The van der Waals surface area contributed by atoms with Gasteiger partial charge in [-0.15, -0.1) is 0 Å². The van der Waals surface area contributed by atoms with Crippen LogP contribution in [0.5, 0.6) is 0 Å². The fourth-order valence-corrected chi connectivity index (χ4v) is 2.39. The van der Waals surface area contributed by atoms with Crippen LogP contribution in [0.15, 0.2) is 35.2 Å². The van der Waals surface area contributed by atoms with Crippen molar-refractivity contribution in [1.82, 2.24) is 0 Å². The lowest BCUT2D eigenvalue weighted by atomic mass is 10.1. The minimum atomic E-state index is -0.469. The summed E-state index contributed by atoms with van der Waals surface area (Å²) in [6.45, 7) is 2.04. The molecule has 82 valence electrons. The van der Waals surface area contributed by atoms with Crippen molar-refractivity contribution in [2.75, 3.05) is 6.61 Å². The van der Waals surface area contributed by atoms with Crippen molar-refractivity contribution in [2.45, 2.75) is 11.8 Å². The lowest BCUT2D eigenvalue weighted by molar-refractivity contribution is -0.137. The van der Waals surface area contributed by atoms with Crippen molar-refractivity contribution in [3.63, 3.8) is 0 Å². The average molecular weight is 234 g/mol. The van der Waals surface area contributed by atoms with Crippen LogP contribution in [0.4, 0.5) is 0 Å². The van der Waals surface area contributed by atoms with E-state index in [1.165, 1.54) is 6.08 Å². The van der Waals surface area contributed by atoms with Crippen molar-refractivity contribution in [3.05, 3.63) is 35.9 Å². The second-order valence-electron chi connectivity index (χ2n) is 3.20. The fourth-order valence-electron chi connectivity index (χ4n) is 1.48. The Bertz CT molecular complexity index is 477. The van der Waals surface area contributed by atoms with Gasteiger partial charge in [0, 0.05) is 22.1 Å². The number of ether oxygens (including phenoxy) is 1. The van der Waals surface area contributed by atoms with Crippen LogP contribution in [0.2, 0.25) is 0 Å². The molecule has 3 nitrogen and oxygen atoms in total. The number of hydrogen-bond donors (Lipinski definition) is 0. The van der Waals surface area contributed by atoms with Gasteiger partial charge in [0.15, 0.2) is 0 Å². The van der Waals surface area contributed by atoms with Crippen LogP contribution in [0.1, 0.15) is 12.5 Å². The molecule has 0 N–H and O–H groups in total. The molecule has 0 saturated carbocycles. The molecular weight excluding hydrogens is 224 g/mol. The Hall–Kier alpha value is -1.55. The normalized spacial score (nSPS) is 16.3. The minimum absolute atomic E-state index is 0.103. The van der Waals surface area contributed by atoms with E-state index < -0.39 is 5.97 Å². The van der Waals surface area contributed by atoms with Crippen molar-refractivity contribution in [1.29, 1.82) is 0 Å². The summed E-state index contributed by atoms with van der Waals surface area (Å²) in [5.74, 6) is -0.469. The monoisotopic (exact) mass is 234 g/mol. The SMILES string of the molecule is CCOC(=O)/C=C1/C(=O)Sc2ccccc21. The van der Waals surface area contributed by atoms with Gasteiger partial charge in [-0.3, -0.25) is 4.79 Å². The van der Waals surface area contributed by atoms with Crippen molar-refractivity contribution in [3.8, 4) is 0 Å².